The minimum absolute atomic E-state index is 0.0879. The number of ether oxygens (including phenoxy) is 1. The summed E-state index contributed by atoms with van der Waals surface area (Å²) in [6.45, 7) is 0.376. The summed E-state index contributed by atoms with van der Waals surface area (Å²) in [6.07, 6.45) is 8.11. The van der Waals surface area contributed by atoms with Crippen LogP contribution in [0.2, 0.25) is 5.02 Å². The van der Waals surface area contributed by atoms with Crippen LogP contribution < -0.4 is 0 Å². The Bertz CT molecular complexity index is 553. The van der Waals surface area contributed by atoms with Crippen LogP contribution in [0.15, 0.2) is 24.3 Å². The van der Waals surface area contributed by atoms with Crippen LogP contribution in [0.5, 0.6) is 0 Å². The minimum Gasteiger partial charge on any atom is -0.469 e. The van der Waals surface area contributed by atoms with Crippen LogP contribution in [0.4, 0.5) is 0 Å². The van der Waals surface area contributed by atoms with Crippen LogP contribution in [0, 0.1) is 0 Å². The summed E-state index contributed by atoms with van der Waals surface area (Å²) in [4.78, 5) is 26.5. The molecule has 0 unspecified atom stereocenters. The van der Waals surface area contributed by atoms with E-state index in [1.165, 1.54) is 26.4 Å². The summed E-state index contributed by atoms with van der Waals surface area (Å²) in [5, 5.41) is 0.455. The monoisotopic (exact) mass is 351 g/mol. The van der Waals surface area contributed by atoms with Crippen LogP contribution >= 0.6 is 11.6 Å². The predicted molar refractivity (Wildman–Crippen MR) is 95.2 cm³/mol. The molecule has 0 atom stereocenters. The van der Waals surface area contributed by atoms with Gasteiger partial charge in [0, 0.05) is 12.6 Å². The number of hydrogen-bond acceptors (Lipinski definition) is 3. The molecule has 0 aromatic heterocycles. The van der Waals surface area contributed by atoms with Gasteiger partial charge in [0.15, 0.2) is 0 Å². The molecule has 4 nitrogen and oxygen atoms in total. The molecule has 24 heavy (non-hydrogen) atoms. The highest BCUT2D eigenvalue weighted by Crippen LogP contribution is 2.25. The SMILES string of the molecule is COC(=O)CCN(C(=O)c1ccccc1Cl)C1CCCCCCC1. The molecule has 0 N–H and O–H groups in total. The highest BCUT2D eigenvalue weighted by Gasteiger charge is 2.26. The third-order valence-electron chi connectivity index (χ3n) is 4.67. The Kier molecular flexibility index (Phi) is 7.57. The summed E-state index contributed by atoms with van der Waals surface area (Å²) in [5.41, 5.74) is 0.506. The Balaban J connectivity index is 2.18. The van der Waals surface area contributed by atoms with E-state index in [4.69, 9.17) is 16.3 Å². The first kappa shape index (κ1) is 18.8. The van der Waals surface area contributed by atoms with E-state index in [-0.39, 0.29) is 24.3 Å². The number of carbonyl (C=O) groups excluding carboxylic acids is 2. The van der Waals surface area contributed by atoms with Gasteiger partial charge in [0.1, 0.15) is 0 Å². The second-order valence-electron chi connectivity index (χ2n) is 6.30. The average Bonchev–Trinajstić information content (AvgIpc) is 2.56. The first-order valence-corrected chi connectivity index (χ1v) is 9.13. The van der Waals surface area contributed by atoms with Crippen LogP contribution in [0.3, 0.4) is 0 Å². The average molecular weight is 352 g/mol. The van der Waals surface area contributed by atoms with Crippen molar-refractivity contribution in [2.45, 2.75) is 57.4 Å². The number of methoxy groups -OCH3 is 1. The lowest BCUT2D eigenvalue weighted by atomic mass is 9.95. The van der Waals surface area contributed by atoms with E-state index in [9.17, 15) is 9.59 Å². The van der Waals surface area contributed by atoms with Crippen molar-refractivity contribution in [3.63, 3.8) is 0 Å². The van der Waals surface area contributed by atoms with E-state index in [0.717, 1.165) is 25.7 Å². The number of rotatable bonds is 5. The van der Waals surface area contributed by atoms with Gasteiger partial charge >= 0.3 is 5.97 Å². The van der Waals surface area contributed by atoms with Crippen molar-refractivity contribution in [1.29, 1.82) is 0 Å². The predicted octanol–water partition coefficient (Wildman–Crippen LogP) is 4.46. The molecule has 1 aromatic rings. The molecule has 1 saturated carbocycles. The van der Waals surface area contributed by atoms with E-state index in [2.05, 4.69) is 0 Å². The summed E-state index contributed by atoms with van der Waals surface area (Å²) in [7, 11) is 1.37. The number of amides is 1. The van der Waals surface area contributed by atoms with Gasteiger partial charge in [-0.05, 0) is 25.0 Å². The van der Waals surface area contributed by atoms with Gasteiger partial charge in [0.05, 0.1) is 24.1 Å². The number of nitrogens with zero attached hydrogens (tertiary/aromatic N) is 1. The zero-order valence-corrected chi connectivity index (χ0v) is 15.1. The molecule has 1 aromatic carbocycles. The summed E-state index contributed by atoms with van der Waals surface area (Å²) in [5.74, 6) is -0.382. The molecule has 0 bridgehead atoms. The van der Waals surface area contributed by atoms with Crippen molar-refractivity contribution in [3.8, 4) is 0 Å². The van der Waals surface area contributed by atoms with Gasteiger partial charge < -0.3 is 9.64 Å². The molecule has 5 heteroatoms. The normalized spacial score (nSPS) is 16.1. The van der Waals surface area contributed by atoms with Crippen LogP contribution in [-0.4, -0.2) is 36.5 Å². The molecular formula is C19H26ClNO3. The number of carbonyl (C=O) groups is 2. The molecule has 0 saturated heterocycles. The molecule has 0 heterocycles. The molecule has 1 aliphatic carbocycles. The van der Waals surface area contributed by atoms with Gasteiger partial charge in [-0.25, -0.2) is 0 Å². The van der Waals surface area contributed by atoms with Crippen molar-refractivity contribution in [2.24, 2.45) is 0 Å². The zero-order chi connectivity index (χ0) is 17.4. The lowest BCUT2D eigenvalue weighted by Gasteiger charge is -2.33. The standard InChI is InChI=1S/C19H26ClNO3/c1-24-18(22)13-14-21(15-9-5-3-2-4-6-10-15)19(23)16-11-7-8-12-17(16)20/h7-8,11-12,15H,2-6,9-10,13-14H2,1H3. The lowest BCUT2D eigenvalue weighted by molar-refractivity contribution is -0.140. The Labute approximate surface area is 149 Å². The van der Waals surface area contributed by atoms with E-state index in [0.29, 0.717) is 17.1 Å². The number of halogens is 1. The molecular weight excluding hydrogens is 326 g/mol. The summed E-state index contributed by atoms with van der Waals surface area (Å²) in [6, 6.07) is 7.27. The summed E-state index contributed by atoms with van der Waals surface area (Å²) >= 11 is 6.21. The van der Waals surface area contributed by atoms with E-state index in [1.54, 1.807) is 12.1 Å². The smallest absolute Gasteiger partial charge is 0.307 e. The van der Waals surface area contributed by atoms with Crippen molar-refractivity contribution in [2.75, 3.05) is 13.7 Å². The molecule has 0 radical (unpaired) electrons. The van der Waals surface area contributed by atoms with Crippen molar-refractivity contribution < 1.29 is 14.3 Å². The molecule has 1 amide bonds. The molecule has 0 spiro atoms. The van der Waals surface area contributed by atoms with Gasteiger partial charge in [-0.1, -0.05) is 55.8 Å². The lowest BCUT2D eigenvalue weighted by Crippen LogP contribution is -2.42. The minimum atomic E-state index is -0.294. The Morgan fingerprint density at radius 3 is 2.38 bits per heavy atom. The third-order valence-corrected chi connectivity index (χ3v) is 4.99. The number of benzene rings is 1. The fraction of sp³-hybridized carbons (Fsp3) is 0.579. The number of esters is 1. The van der Waals surface area contributed by atoms with Crippen molar-refractivity contribution in [3.05, 3.63) is 34.9 Å². The zero-order valence-electron chi connectivity index (χ0n) is 14.3. The summed E-state index contributed by atoms with van der Waals surface area (Å²) < 4.78 is 4.74. The molecule has 1 fully saturated rings. The highest BCUT2D eigenvalue weighted by atomic mass is 35.5. The Morgan fingerprint density at radius 1 is 1.12 bits per heavy atom. The number of hydrogen-bond donors (Lipinski definition) is 0. The maximum atomic E-state index is 13.1. The van der Waals surface area contributed by atoms with Gasteiger partial charge in [0.2, 0.25) is 0 Å². The van der Waals surface area contributed by atoms with E-state index in [1.807, 2.05) is 17.0 Å². The quantitative estimate of drug-likeness (QED) is 0.736. The maximum absolute atomic E-state index is 13.1. The largest absolute Gasteiger partial charge is 0.469 e. The molecule has 0 aliphatic heterocycles. The van der Waals surface area contributed by atoms with Crippen molar-refractivity contribution in [1.82, 2.24) is 4.90 Å². The fourth-order valence-corrected chi connectivity index (χ4v) is 3.52. The molecule has 1 aliphatic rings. The van der Waals surface area contributed by atoms with Crippen LogP contribution in [0.25, 0.3) is 0 Å². The second-order valence-corrected chi connectivity index (χ2v) is 6.71. The van der Waals surface area contributed by atoms with Crippen molar-refractivity contribution >= 4 is 23.5 Å². The van der Waals surface area contributed by atoms with Gasteiger partial charge in [-0.3, -0.25) is 9.59 Å². The molecule has 2 rings (SSSR count). The topological polar surface area (TPSA) is 46.6 Å². The van der Waals surface area contributed by atoms with E-state index < -0.39 is 0 Å². The maximum Gasteiger partial charge on any atom is 0.307 e. The van der Waals surface area contributed by atoms with Crippen LogP contribution in [0.1, 0.15) is 61.7 Å². The van der Waals surface area contributed by atoms with Crippen LogP contribution in [-0.2, 0) is 9.53 Å². The first-order valence-electron chi connectivity index (χ1n) is 8.76. The Hall–Kier alpha value is -1.55. The Morgan fingerprint density at radius 2 is 1.75 bits per heavy atom. The molecule has 132 valence electrons. The van der Waals surface area contributed by atoms with Gasteiger partial charge in [-0.2, -0.15) is 0 Å². The highest BCUT2D eigenvalue weighted by molar-refractivity contribution is 6.33. The first-order chi connectivity index (χ1) is 11.6. The van der Waals surface area contributed by atoms with E-state index >= 15 is 0 Å². The van der Waals surface area contributed by atoms with Gasteiger partial charge in [-0.15, -0.1) is 0 Å². The van der Waals surface area contributed by atoms with Gasteiger partial charge in [0.25, 0.3) is 5.91 Å². The second kappa shape index (κ2) is 9.67. The third kappa shape index (κ3) is 5.23. The fourth-order valence-electron chi connectivity index (χ4n) is 3.30.